The zero-order valence-corrected chi connectivity index (χ0v) is 18.1. The molecule has 1 aromatic heterocycles. The standard InChI is InChI=1S/C21H27BrN6O/c22-16-10-24-19(25-11-16)27-21-7-14-4-15(8-21)6-20(5-14,13-21)26-12-18(29)28-3-1-2-17(28)9-23/h10-11,14-15,17,26H,1-8,12-13H2,(H,24,25,27). The Morgan fingerprint density at radius 1 is 1.24 bits per heavy atom. The highest BCUT2D eigenvalue weighted by molar-refractivity contribution is 9.10. The molecule has 0 radical (unpaired) electrons. The summed E-state index contributed by atoms with van der Waals surface area (Å²) in [4.78, 5) is 23.4. The van der Waals surface area contributed by atoms with E-state index >= 15 is 0 Å². The van der Waals surface area contributed by atoms with Crippen molar-refractivity contribution in [2.75, 3.05) is 18.4 Å². The second-order valence-electron chi connectivity index (χ2n) is 9.60. The number of carbonyl (C=O) groups excluding carboxylic acids is 1. The number of nitrogens with zero attached hydrogens (tertiary/aromatic N) is 4. The van der Waals surface area contributed by atoms with Crippen LogP contribution < -0.4 is 10.6 Å². The molecule has 3 unspecified atom stereocenters. The number of likely N-dealkylation sites (tertiary alicyclic amines) is 1. The average molecular weight is 459 g/mol. The monoisotopic (exact) mass is 458 g/mol. The minimum atomic E-state index is -0.247. The lowest BCUT2D eigenvalue weighted by molar-refractivity contribution is -0.131. The quantitative estimate of drug-likeness (QED) is 0.704. The predicted octanol–water partition coefficient (Wildman–Crippen LogP) is 2.85. The minimum absolute atomic E-state index is 0.00394. The van der Waals surface area contributed by atoms with Gasteiger partial charge in [-0.1, -0.05) is 0 Å². The smallest absolute Gasteiger partial charge is 0.237 e. The molecule has 1 aromatic rings. The molecule has 1 aliphatic heterocycles. The van der Waals surface area contributed by atoms with Crippen molar-refractivity contribution in [2.24, 2.45) is 11.8 Å². The molecule has 1 amide bonds. The maximum atomic E-state index is 12.8. The number of halogens is 1. The molecule has 0 spiro atoms. The second kappa shape index (κ2) is 7.21. The number of hydrogen-bond acceptors (Lipinski definition) is 6. The number of rotatable bonds is 5. The van der Waals surface area contributed by atoms with Gasteiger partial charge in [-0.3, -0.25) is 4.79 Å². The summed E-state index contributed by atoms with van der Waals surface area (Å²) in [6.07, 6.45) is 12.2. The van der Waals surface area contributed by atoms with Crippen LogP contribution in [-0.4, -0.2) is 51.0 Å². The van der Waals surface area contributed by atoms with Crippen LogP contribution in [0.1, 0.15) is 51.4 Å². The van der Waals surface area contributed by atoms with Crippen LogP contribution in [0.25, 0.3) is 0 Å². The predicted molar refractivity (Wildman–Crippen MR) is 112 cm³/mol. The molecule has 5 aliphatic rings. The first kappa shape index (κ1) is 19.3. The number of nitrogens with one attached hydrogen (secondary N) is 2. The minimum Gasteiger partial charge on any atom is -0.349 e. The summed E-state index contributed by atoms with van der Waals surface area (Å²) in [5, 5.41) is 16.6. The van der Waals surface area contributed by atoms with Crippen molar-refractivity contribution in [1.29, 1.82) is 5.26 Å². The Hall–Kier alpha value is -1.72. The molecule has 154 valence electrons. The van der Waals surface area contributed by atoms with E-state index in [-0.39, 0.29) is 23.0 Å². The first-order valence-electron chi connectivity index (χ1n) is 10.7. The van der Waals surface area contributed by atoms with Gasteiger partial charge in [0, 0.05) is 30.0 Å². The molecule has 4 bridgehead atoms. The van der Waals surface area contributed by atoms with Crippen molar-refractivity contribution >= 4 is 27.8 Å². The summed E-state index contributed by atoms with van der Waals surface area (Å²) in [5.41, 5.74) is 0.0146. The molecule has 4 saturated carbocycles. The fourth-order valence-electron chi connectivity index (χ4n) is 6.79. The molecule has 2 N–H and O–H groups in total. The average Bonchev–Trinajstić information content (AvgIpc) is 3.16. The van der Waals surface area contributed by atoms with Crippen LogP contribution in [0.5, 0.6) is 0 Å². The number of hydrogen-bond donors (Lipinski definition) is 2. The maximum absolute atomic E-state index is 12.8. The van der Waals surface area contributed by atoms with Gasteiger partial charge in [0.05, 0.1) is 17.1 Å². The molecule has 6 rings (SSSR count). The zero-order chi connectivity index (χ0) is 20.1. The van der Waals surface area contributed by atoms with Gasteiger partial charge in [-0.05, 0) is 79.1 Å². The van der Waals surface area contributed by atoms with Gasteiger partial charge in [0.15, 0.2) is 0 Å². The molecule has 29 heavy (non-hydrogen) atoms. The van der Waals surface area contributed by atoms with Gasteiger partial charge >= 0.3 is 0 Å². The Morgan fingerprint density at radius 2 is 1.93 bits per heavy atom. The zero-order valence-electron chi connectivity index (χ0n) is 16.5. The fourth-order valence-corrected chi connectivity index (χ4v) is 7.00. The Bertz CT molecular complexity index is 823. The van der Waals surface area contributed by atoms with Crippen LogP contribution in [0.4, 0.5) is 5.95 Å². The molecule has 2 heterocycles. The van der Waals surface area contributed by atoms with Gasteiger partial charge in [-0.25, -0.2) is 9.97 Å². The SMILES string of the molecule is N#CC1CCCN1C(=O)CNC12CC3CC(C1)CC(Nc1ncc(Br)cn1)(C3)C2. The Labute approximate surface area is 179 Å². The molecular weight excluding hydrogens is 432 g/mol. The molecule has 3 atom stereocenters. The van der Waals surface area contributed by atoms with Gasteiger partial charge in [0.2, 0.25) is 11.9 Å². The first-order chi connectivity index (χ1) is 14.0. The van der Waals surface area contributed by atoms with Crippen molar-refractivity contribution in [2.45, 2.75) is 68.5 Å². The van der Waals surface area contributed by atoms with E-state index in [9.17, 15) is 10.1 Å². The third kappa shape index (κ3) is 3.64. The van der Waals surface area contributed by atoms with Crippen LogP contribution in [0.15, 0.2) is 16.9 Å². The molecule has 1 saturated heterocycles. The largest absolute Gasteiger partial charge is 0.349 e. The highest BCUT2D eigenvalue weighted by atomic mass is 79.9. The normalized spacial score (nSPS) is 37.5. The molecule has 5 fully saturated rings. The maximum Gasteiger partial charge on any atom is 0.237 e. The fraction of sp³-hybridized carbons (Fsp3) is 0.714. The number of aromatic nitrogens is 2. The van der Waals surface area contributed by atoms with Crippen LogP contribution in [0.2, 0.25) is 0 Å². The molecule has 0 aromatic carbocycles. The van der Waals surface area contributed by atoms with Gasteiger partial charge in [-0.2, -0.15) is 5.26 Å². The van der Waals surface area contributed by atoms with Gasteiger partial charge < -0.3 is 15.5 Å². The topological polar surface area (TPSA) is 93.9 Å². The lowest BCUT2D eigenvalue weighted by Crippen LogP contribution is -2.67. The van der Waals surface area contributed by atoms with Crippen LogP contribution in [0, 0.1) is 23.2 Å². The lowest BCUT2D eigenvalue weighted by atomic mass is 9.50. The first-order valence-corrected chi connectivity index (χ1v) is 11.5. The van der Waals surface area contributed by atoms with Crippen molar-refractivity contribution in [3.63, 3.8) is 0 Å². The van der Waals surface area contributed by atoms with Crippen molar-refractivity contribution in [1.82, 2.24) is 20.2 Å². The summed E-state index contributed by atoms with van der Waals surface area (Å²) in [7, 11) is 0. The van der Waals surface area contributed by atoms with E-state index in [0.29, 0.717) is 30.9 Å². The highest BCUT2D eigenvalue weighted by Crippen LogP contribution is 2.58. The number of carbonyl (C=O) groups is 1. The lowest BCUT2D eigenvalue weighted by Gasteiger charge is -2.62. The van der Waals surface area contributed by atoms with E-state index in [2.05, 4.69) is 42.6 Å². The summed E-state index contributed by atoms with van der Waals surface area (Å²) in [5.74, 6) is 2.12. The van der Waals surface area contributed by atoms with E-state index in [1.165, 1.54) is 6.42 Å². The summed E-state index contributed by atoms with van der Waals surface area (Å²) >= 11 is 3.40. The Balaban J connectivity index is 1.30. The van der Waals surface area contributed by atoms with E-state index < -0.39 is 0 Å². The number of anilines is 1. The van der Waals surface area contributed by atoms with Crippen molar-refractivity contribution < 1.29 is 4.79 Å². The van der Waals surface area contributed by atoms with Crippen LogP contribution in [0.3, 0.4) is 0 Å². The number of nitriles is 1. The summed E-state index contributed by atoms with van der Waals surface area (Å²) in [6.45, 7) is 1.05. The Kier molecular flexibility index (Phi) is 4.78. The summed E-state index contributed by atoms with van der Waals surface area (Å²) in [6, 6.07) is 2.03. The highest BCUT2D eigenvalue weighted by Gasteiger charge is 2.58. The summed E-state index contributed by atoms with van der Waals surface area (Å²) < 4.78 is 0.878. The van der Waals surface area contributed by atoms with E-state index in [1.54, 1.807) is 17.3 Å². The van der Waals surface area contributed by atoms with Gasteiger partial charge in [-0.15, -0.1) is 0 Å². The van der Waals surface area contributed by atoms with E-state index in [4.69, 9.17) is 0 Å². The van der Waals surface area contributed by atoms with Gasteiger partial charge in [0.1, 0.15) is 6.04 Å². The van der Waals surface area contributed by atoms with Crippen LogP contribution >= 0.6 is 15.9 Å². The third-order valence-corrected chi connectivity index (χ3v) is 7.80. The molecule has 7 nitrogen and oxygen atoms in total. The number of amides is 1. The van der Waals surface area contributed by atoms with Crippen molar-refractivity contribution in [3.05, 3.63) is 16.9 Å². The van der Waals surface area contributed by atoms with E-state index in [0.717, 1.165) is 49.4 Å². The van der Waals surface area contributed by atoms with Crippen molar-refractivity contribution in [3.8, 4) is 6.07 Å². The van der Waals surface area contributed by atoms with E-state index in [1.807, 2.05) is 0 Å². The Morgan fingerprint density at radius 3 is 2.62 bits per heavy atom. The molecule has 4 aliphatic carbocycles. The van der Waals surface area contributed by atoms with Gasteiger partial charge in [0.25, 0.3) is 0 Å². The molecular formula is C21H27BrN6O. The van der Waals surface area contributed by atoms with Crippen LogP contribution in [-0.2, 0) is 4.79 Å². The third-order valence-electron chi connectivity index (χ3n) is 7.40. The second-order valence-corrected chi connectivity index (χ2v) is 10.5. The molecule has 8 heteroatoms.